The molecule has 1 aromatic carbocycles. The van der Waals surface area contributed by atoms with Crippen LogP contribution in [0.5, 0.6) is 11.5 Å². The van der Waals surface area contributed by atoms with Gasteiger partial charge in [0.25, 0.3) is 5.91 Å². The number of carbonyl (C=O) groups is 3. The molecular formula is C27H37N3O6. The fraction of sp³-hybridized carbons (Fsp3) is 0.519. The van der Waals surface area contributed by atoms with Crippen molar-refractivity contribution in [2.75, 3.05) is 27.3 Å². The van der Waals surface area contributed by atoms with Gasteiger partial charge in [0.2, 0.25) is 11.8 Å². The van der Waals surface area contributed by atoms with Crippen LogP contribution in [-0.4, -0.2) is 56.0 Å². The van der Waals surface area contributed by atoms with Crippen LogP contribution in [0.2, 0.25) is 0 Å². The van der Waals surface area contributed by atoms with Crippen molar-refractivity contribution in [2.45, 2.75) is 64.0 Å². The van der Waals surface area contributed by atoms with Crippen LogP contribution in [0.4, 0.5) is 0 Å². The molecule has 2 N–H and O–H groups in total. The molecule has 0 radical (unpaired) electrons. The Morgan fingerprint density at radius 2 is 1.83 bits per heavy atom. The third-order valence-electron chi connectivity index (χ3n) is 6.45. The highest BCUT2D eigenvalue weighted by Gasteiger charge is 2.33. The molecule has 3 rings (SSSR count). The molecule has 0 saturated heterocycles. The molecule has 2 aromatic rings. The lowest BCUT2D eigenvalue weighted by atomic mass is 9.94. The minimum absolute atomic E-state index is 0.0793. The molecule has 1 heterocycles. The summed E-state index contributed by atoms with van der Waals surface area (Å²) in [7, 11) is 3.08. The predicted molar refractivity (Wildman–Crippen MR) is 135 cm³/mol. The van der Waals surface area contributed by atoms with Crippen LogP contribution in [0.3, 0.4) is 0 Å². The molecule has 1 saturated carbocycles. The van der Waals surface area contributed by atoms with E-state index in [0.29, 0.717) is 30.0 Å². The van der Waals surface area contributed by atoms with Crippen LogP contribution in [0.25, 0.3) is 0 Å². The van der Waals surface area contributed by atoms with E-state index in [1.807, 2.05) is 6.92 Å². The van der Waals surface area contributed by atoms with Crippen molar-refractivity contribution in [3.8, 4) is 11.5 Å². The Kier molecular flexibility index (Phi) is 10.2. The number of methoxy groups -OCH3 is 2. The highest BCUT2D eigenvalue weighted by Crippen LogP contribution is 2.33. The average Bonchev–Trinajstić information content (AvgIpc) is 3.45. The van der Waals surface area contributed by atoms with Crippen LogP contribution in [0.15, 0.2) is 41.0 Å². The van der Waals surface area contributed by atoms with E-state index in [0.717, 1.165) is 32.1 Å². The van der Waals surface area contributed by atoms with Crippen LogP contribution in [-0.2, 0) is 9.59 Å². The number of benzene rings is 1. The molecule has 1 aromatic heterocycles. The molecule has 1 aliphatic carbocycles. The number of hydrogen-bond acceptors (Lipinski definition) is 6. The van der Waals surface area contributed by atoms with Crippen molar-refractivity contribution >= 4 is 17.7 Å². The van der Waals surface area contributed by atoms with Gasteiger partial charge >= 0.3 is 0 Å². The summed E-state index contributed by atoms with van der Waals surface area (Å²) in [5.41, 5.74) is 0.614. The molecule has 36 heavy (non-hydrogen) atoms. The van der Waals surface area contributed by atoms with Crippen molar-refractivity contribution in [3.63, 3.8) is 0 Å². The fourth-order valence-electron chi connectivity index (χ4n) is 4.50. The third kappa shape index (κ3) is 7.02. The maximum Gasteiger partial charge on any atom is 0.287 e. The maximum atomic E-state index is 13.7. The summed E-state index contributed by atoms with van der Waals surface area (Å²) in [5.74, 6) is 0.0367. The van der Waals surface area contributed by atoms with Crippen molar-refractivity contribution in [1.82, 2.24) is 15.5 Å². The number of hydrogen-bond donors (Lipinski definition) is 2. The first kappa shape index (κ1) is 27.1. The summed E-state index contributed by atoms with van der Waals surface area (Å²) in [6.45, 7) is 2.13. The molecule has 9 nitrogen and oxygen atoms in total. The van der Waals surface area contributed by atoms with E-state index in [4.69, 9.17) is 13.9 Å². The molecule has 3 amide bonds. The van der Waals surface area contributed by atoms with Gasteiger partial charge in [-0.15, -0.1) is 0 Å². The zero-order chi connectivity index (χ0) is 25.9. The SMILES string of the molecule is CCCCN(C(=O)CNC(=O)c1ccco1)C(C(=O)NC1CCCCC1)c1ccc(OC)c(OC)c1. The second-order valence-corrected chi connectivity index (χ2v) is 8.96. The second-order valence-electron chi connectivity index (χ2n) is 8.96. The molecule has 1 atom stereocenters. The monoisotopic (exact) mass is 499 g/mol. The Balaban J connectivity index is 1.89. The summed E-state index contributed by atoms with van der Waals surface area (Å²) in [4.78, 5) is 41.1. The number of nitrogens with zero attached hydrogens (tertiary/aromatic N) is 1. The van der Waals surface area contributed by atoms with E-state index in [2.05, 4.69) is 10.6 Å². The quantitative estimate of drug-likeness (QED) is 0.459. The Labute approximate surface area is 212 Å². The highest BCUT2D eigenvalue weighted by molar-refractivity contribution is 5.95. The smallest absolute Gasteiger partial charge is 0.287 e. The number of furan rings is 1. The fourth-order valence-corrected chi connectivity index (χ4v) is 4.50. The number of amides is 3. The van der Waals surface area contributed by atoms with Gasteiger partial charge in [-0.25, -0.2) is 0 Å². The lowest BCUT2D eigenvalue weighted by molar-refractivity contribution is -0.140. The Hall–Kier alpha value is -3.49. The number of ether oxygens (including phenoxy) is 2. The van der Waals surface area contributed by atoms with E-state index in [1.54, 1.807) is 36.3 Å². The van der Waals surface area contributed by atoms with Gasteiger partial charge in [-0.05, 0) is 49.1 Å². The van der Waals surface area contributed by atoms with Gasteiger partial charge in [-0.2, -0.15) is 0 Å². The minimum Gasteiger partial charge on any atom is -0.493 e. The van der Waals surface area contributed by atoms with Gasteiger partial charge < -0.3 is 29.4 Å². The van der Waals surface area contributed by atoms with Crippen LogP contribution in [0, 0.1) is 0 Å². The summed E-state index contributed by atoms with van der Waals surface area (Å²) in [6.07, 6.45) is 8.10. The molecule has 1 fully saturated rings. The summed E-state index contributed by atoms with van der Waals surface area (Å²) < 4.78 is 15.9. The van der Waals surface area contributed by atoms with Gasteiger partial charge in [-0.3, -0.25) is 14.4 Å². The summed E-state index contributed by atoms with van der Waals surface area (Å²) in [6, 6.07) is 7.57. The number of nitrogens with one attached hydrogen (secondary N) is 2. The van der Waals surface area contributed by atoms with Gasteiger partial charge in [0.1, 0.15) is 6.04 Å². The predicted octanol–water partition coefficient (Wildman–Crippen LogP) is 3.85. The first-order valence-electron chi connectivity index (χ1n) is 12.6. The molecule has 9 heteroatoms. The van der Waals surface area contributed by atoms with Crippen molar-refractivity contribution in [3.05, 3.63) is 47.9 Å². The Bertz CT molecular complexity index is 1000. The first-order valence-corrected chi connectivity index (χ1v) is 12.6. The molecule has 1 aliphatic rings. The van der Waals surface area contributed by atoms with Gasteiger partial charge in [-0.1, -0.05) is 38.7 Å². The molecule has 0 aliphatic heterocycles. The minimum atomic E-state index is -0.883. The van der Waals surface area contributed by atoms with Crippen molar-refractivity contribution in [2.24, 2.45) is 0 Å². The number of carbonyl (C=O) groups excluding carboxylic acids is 3. The Morgan fingerprint density at radius 3 is 2.47 bits per heavy atom. The third-order valence-corrected chi connectivity index (χ3v) is 6.45. The second kappa shape index (κ2) is 13.6. The van der Waals surface area contributed by atoms with Crippen molar-refractivity contribution < 1.29 is 28.3 Å². The zero-order valence-corrected chi connectivity index (χ0v) is 21.4. The molecular weight excluding hydrogens is 462 g/mol. The molecule has 0 spiro atoms. The lowest BCUT2D eigenvalue weighted by Crippen LogP contribution is -2.49. The maximum absolute atomic E-state index is 13.7. The van der Waals surface area contributed by atoms with Crippen LogP contribution < -0.4 is 20.1 Å². The Morgan fingerprint density at radius 1 is 1.08 bits per heavy atom. The van der Waals surface area contributed by atoms with E-state index in [1.165, 1.54) is 25.9 Å². The topological polar surface area (TPSA) is 110 Å². The van der Waals surface area contributed by atoms with Crippen LogP contribution in [0.1, 0.15) is 74.0 Å². The average molecular weight is 500 g/mol. The highest BCUT2D eigenvalue weighted by atomic mass is 16.5. The molecule has 1 unspecified atom stereocenters. The molecule has 196 valence electrons. The largest absolute Gasteiger partial charge is 0.493 e. The lowest BCUT2D eigenvalue weighted by Gasteiger charge is -2.33. The number of rotatable bonds is 12. The standard InChI is InChI=1S/C27H37N3O6/c1-4-5-15-30(24(31)18-28-26(32)22-12-9-16-36-22)25(27(33)29-20-10-7-6-8-11-20)19-13-14-21(34-2)23(17-19)35-3/h9,12-14,16-17,20,25H,4-8,10-11,15,18H2,1-3H3,(H,28,32)(H,29,33). The first-order chi connectivity index (χ1) is 17.5. The van der Waals surface area contributed by atoms with Gasteiger partial charge in [0.05, 0.1) is 27.0 Å². The summed E-state index contributed by atoms with van der Waals surface area (Å²) in [5, 5.41) is 5.78. The summed E-state index contributed by atoms with van der Waals surface area (Å²) >= 11 is 0. The molecule has 0 bridgehead atoms. The zero-order valence-electron chi connectivity index (χ0n) is 21.4. The van der Waals surface area contributed by atoms with E-state index < -0.39 is 11.9 Å². The van der Waals surface area contributed by atoms with E-state index >= 15 is 0 Å². The van der Waals surface area contributed by atoms with E-state index in [9.17, 15) is 14.4 Å². The number of unbranched alkanes of at least 4 members (excludes halogenated alkanes) is 1. The van der Waals surface area contributed by atoms with Gasteiger partial charge in [0, 0.05) is 12.6 Å². The normalized spacial score (nSPS) is 14.5. The van der Waals surface area contributed by atoms with Crippen LogP contribution >= 0.6 is 0 Å². The van der Waals surface area contributed by atoms with Gasteiger partial charge in [0.15, 0.2) is 17.3 Å². The van der Waals surface area contributed by atoms with Crippen molar-refractivity contribution in [1.29, 1.82) is 0 Å². The van der Waals surface area contributed by atoms with E-state index in [-0.39, 0.29) is 30.2 Å².